The van der Waals surface area contributed by atoms with E-state index in [2.05, 4.69) is 54.3 Å². The number of hydrogen-bond donors (Lipinski definition) is 0. The van der Waals surface area contributed by atoms with Crippen LogP contribution in [0.4, 0.5) is 16.2 Å². The molecule has 0 aromatic heterocycles. The number of carbonyl (C=O) groups excluding carboxylic acids is 1. The zero-order chi connectivity index (χ0) is 20.2. The highest BCUT2D eigenvalue weighted by atomic mass is 127. The van der Waals surface area contributed by atoms with E-state index >= 15 is 0 Å². The Bertz CT molecular complexity index is 801. The normalized spacial score (nSPS) is 25.0. The average molecular weight is 503 g/mol. The third-order valence-corrected chi connectivity index (χ3v) is 7.17. The Morgan fingerprint density at radius 2 is 1.59 bits per heavy atom. The summed E-state index contributed by atoms with van der Waals surface area (Å²) in [5, 5.41) is 0. The molecule has 0 amide bonds. The van der Waals surface area contributed by atoms with Crippen molar-refractivity contribution in [1.29, 1.82) is 0 Å². The second kappa shape index (κ2) is 9.50. The maximum Gasteiger partial charge on any atom is 0.372 e. The van der Waals surface area contributed by atoms with Gasteiger partial charge in [0.25, 0.3) is 0 Å². The van der Waals surface area contributed by atoms with Crippen molar-refractivity contribution in [3.63, 3.8) is 0 Å². The van der Waals surface area contributed by atoms with Gasteiger partial charge in [-0.1, -0.05) is 50.8 Å². The van der Waals surface area contributed by atoms with Crippen molar-refractivity contribution in [2.45, 2.75) is 57.9 Å². The van der Waals surface area contributed by atoms with Crippen LogP contribution in [0.2, 0.25) is 0 Å². The lowest BCUT2D eigenvalue weighted by Crippen LogP contribution is -2.40. The van der Waals surface area contributed by atoms with Crippen molar-refractivity contribution >= 4 is 37.9 Å². The molecule has 3 atom stereocenters. The highest BCUT2D eigenvalue weighted by Gasteiger charge is 2.37. The number of benzene rings is 2. The summed E-state index contributed by atoms with van der Waals surface area (Å²) in [6.45, 7) is 2.47. The number of ether oxygens (including phenoxy) is 1. The predicted octanol–water partition coefficient (Wildman–Crippen LogP) is 7.75. The molecule has 2 aliphatic rings. The van der Waals surface area contributed by atoms with Gasteiger partial charge in [0.15, 0.2) is 0 Å². The van der Waals surface area contributed by atoms with E-state index in [1.54, 1.807) is 22.6 Å². The van der Waals surface area contributed by atoms with Gasteiger partial charge in [-0.3, -0.25) is 0 Å². The van der Waals surface area contributed by atoms with Crippen molar-refractivity contribution in [1.82, 2.24) is 0 Å². The van der Waals surface area contributed by atoms with E-state index in [0.29, 0.717) is 11.8 Å². The summed E-state index contributed by atoms with van der Waals surface area (Å²) in [5.74, 6) is 3.18. The van der Waals surface area contributed by atoms with Gasteiger partial charge in [0.1, 0.15) is 5.75 Å². The molecule has 2 aromatic rings. The van der Waals surface area contributed by atoms with Crippen LogP contribution in [0, 0.1) is 17.8 Å². The summed E-state index contributed by atoms with van der Waals surface area (Å²) in [5.41, 5.74) is 2.42. The lowest BCUT2D eigenvalue weighted by molar-refractivity contribution is 0.161. The molecule has 4 heteroatoms. The van der Waals surface area contributed by atoms with E-state index < -0.39 is 0 Å². The fourth-order valence-corrected chi connectivity index (χ4v) is 5.79. The summed E-state index contributed by atoms with van der Waals surface area (Å²) in [6, 6.07) is 19.2. The smallest absolute Gasteiger partial charge is 0.372 e. The largest absolute Gasteiger partial charge is 0.419 e. The van der Waals surface area contributed by atoms with Crippen LogP contribution in [-0.2, 0) is 0 Å². The van der Waals surface area contributed by atoms with Gasteiger partial charge in [0.05, 0.1) is 22.6 Å². The average Bonchev–Trinajstić information content (AvgIpc) is 3.26. The molecular weight excluding hydrogens is 473 g/mol. The summed E-state index contributed by atoms with van der Waals surface area (Å²) < 4.78 is 4.92. The molecule has 0 radical (unpaired) electrons. The first-order valence-electron chi connectivity index (χ1n) is 10.9. The van der Waals surface area contributed by atoms with Gasteiger partial charge in [-0.05, 0) is 73.4 Å². The third kappa shape index (κ3) is 4.96. The second-order valence-corrected chi connectivity index (χ2v) is 9.57. The summed E-state index contributed by atoms with van der Waals surface area (Å²) in [6.07, 6.45) is 9.47. The molecule has 0 heterocycles. The Hall–Kier alpha value is -1.56. The van der Waals surface area contributed by atoms with Crippen LogP contribution < -0.4 is 9.64 Å². The molecule has 2 fully saturated rings. The third-order valence-electron chi connectivity index (χ3n) is 6.95. The molecule has 0 saturated heterocycles. The Balaban J connectivity index is 1.61. The highest BCUT2D eigenvalue weighted by Crippen LogP contribution is 2.45. The van der Waals surface area contributed by atoms with Gasteiger partial charge in [0, 0.05) is 17.4 Å². The number of hydrogen-bond acceptors (Lipinski definition) is 3. The van der Waals surface area contributed by atoms with Crippen molar-refractivity contribution < 1.29 is 9.53 Å². The number of carbonyl (C=O) groups is 1. The molecule has 3 unspecified atom stereocenters. The van der Waals surface area contributed by atoms with Crippen LogP contribution in [0.3, 0.4) is 0 Å². The van der Waals surface area contributed by atoms with Crippen LogP contribution in [-0.4, -0.2) is 10.0 Å². The number of nitrogens with zero attached hydrogens (tertiary/aromatic N) is 1. The van der Waals surface area contributed by atoms with Crippen molar-refractivity contribution in [2.24, 2.45) is 17.8 Å². The van der Waals surface area contributed by atoms with Crippen molar-refractivity contribution in [3.8, 4) is 5.75 Å². The SMILES string of the molecule is CC1CCC(N(c2ccccc2)c2ccc(OC(=O)I)cc2)CC1C1CCCC1. The van der Waals surface area contributed by atoms with Crippen molar-refractivity contribution in [3.05, 3.63) is 54.6 Å². The molecule has 3 nitrogen and oxygen atoms in total. The lowest BCUT2D eigenvalue weighted by Gasteiger charge is -2.43. The molecule has 4 rings (SSSR count). The summed E-state index contributed by atoms with van der Waals surface area (Å²) in [7, 11) is 0. The van der Waals surface area contributed by atoms with Gasteiger partial charge in [-0.2, -0.15) is 0 Å². The molecule has 0 spiro atoms. The minimum absolute atomic E-state index is 0.309. The van der Waals surface area contributed by atoms with Crippen LogP contribution in [0.25, 0.3) is 0 Å². The van der Waals surface area contributed by atoms with E-state index in [1.807, 2.05) is 12.1 Å². The first kappa shape index (κ1) is 20.7. The minimum Gasteiger partial charge on any atom is -0.419 e. The summed E-state index contributed by atoms with van der Waals surface area (Å²) >= 11 is 1.66. The van der Waals surface area contributed by atoms with Gasteiger partial charge in [-0.25, -0.2) is 4.79 Å². The number of anilines is 2. The zero-order valence-corrected chi connectivity index (χ0v) is 19.3. The topological polar surface area (TPSA) is 29.5 Å². The Labute approximate surface area is 188 Å². The maximum absolute atomic E-state index is 11.2. The molecule has 0 bridgehead atoms. The van der Waals surface area contributed by atoms with Crippen LogP contribution in [0.1, 0.15) is 51.9 Å². The number of rotatable bonds is 5. The second-order valence-electron chi connectivity index (χ2n) is 8.69. The lowest BCUT2D eigenvalue weighted by atomic mass is 9.70. The molecule has 0 aliphatic heterocycles. The van der Waals surface area contributed by atoms with Gasteiger partial charge in [0.2, 0.25) is 0 Å². The Morgan fingerprint density at radius 1 is 0.931 bits per heavy atom. The molecule has 2 aliphatic carbocycles. The van der Waals surface area contributed by atoms with Gasteiger partial charge < -0.3 is 9.64 Å². The fraction of sp³-hybridized carbons (Fsp3) is 0.480. The van der Waals surface area contributed by atoms with Crippen LogP contribution in [0.15, 0.2) is 54.6 Å². The van der Waals surface area contributed by atoms with Gasteiger partial charge in [-0.15, -0.1) is 0 Å². The van der Waals surface area contributed by atoms with Gasteiger partial charge >= 0.3 is 3.98 Å². The monoisotopic (exact) mass is 503 g/mol. The summed E-state index contributed by atoms with van der Waals surface area (Å²) in [4.78, 5) is 13.8. The molecule has 29 heavy (non-hydrogen) atoms. The number of halogens is 1. The van der Waals surface area contributed by atoms with Crippen LogP contribution in [0.5, 0.6) is 5.75 Å². The number of para-hydroxylation sites is 1. The van der Waals surface area contributed by atoms with E-state index in [1.165, 1.54) is 56.3 Å². The van der Waals surface area contributed by atoms with E-state index in [-0.39, 0.29) is 3.98 Å². The van der Waals surface area contributed by atoms with Crippen molar-refractivity contribution in [2.75, 3.05) is 4.90 Å². The Morgan fingerprint density at radius 3 is 2.24 bits per heavy atom. The predicted molar refractivity (Wildman–Crippen MR) is 127 cm³/mol. The maximum atomic E-state index is 11.2. The van der Waals surface area contributed by atoms with E-state index in [4.69, 9.17) is 4.74 Å². The minimum atomic E-state index is -0.309. The van der Waals surface area contributed by atoms with Crippen LogP contribution >= 0.6 is 22.6 Å². The quantitative estimate of drug-likeness (QED) is 0.309. The molecule has 2 aromatic carbocycles. The van der Waals surface area contributed by atoms with E-state index in [9.17, 15) is 4.79 Å². The zero-order valence-electron chi connectivity index (χ0n) is 17.1. The fourth-order valence-electron chi connectivity index (χ4n) is 5.54. The highest BCUT2D eigenvalue weighted by molar-refractivity contribution is 14.1. The van der Waals surface area contributed by atoms with E-state index in [0.717, 1.165) is 17.8 Å². The molecular formula is C25H30INO2. The molecule has 0 N–H and O–H groups in total. The standard InChI is InChI=1S/C25H30INO2/c1-18-11-12-22(17-24(18)19-7-5-6-8-19)27(20-9-3-2-4-10-20)21-13-15-23(16-14-21)29-25(26)28/h2-4,9-10,13-16,18-19,22,24H,5-8,11-12,17H2,1H3. The molecule has 154 valence electrons. The first-order chi connectivity index (χ1) is 14.1. The Kier molecular flexibility index (Phi) is 6.78. The first-order valence-corrected chi connectivity index (χ1v) is 12.0. The molecule has 2 saturated carbocycles.